The van der Waals surface area contributed by atoms with Gasteiger partial charge in [-0.1, -0.05) is 44.2 Å². The molecule has 1 saturated heterocycles. The third-order valence-corrected chi connectivity index (χ3v) is 3.47. The van der Waals surface area contributed by atoms with Crippen molar-refractivity contribution in [3.05, 3.63) is 35.9 Å². The Morgan fingerprint density at radius 1 is 1.36 bits per heavy atom. The van der Waals surface area contributed by atoms with Crippen molar-refractivity contribution in [1.82, 2.24) is 4.90 Å². The topological polar surface area (TPSA) is 76.1 Å². The summed E-state index contributed by atoms with van der Waals surface area (Å²) in [5.74, 6) is -0.801. The zero-order valence-corrected chi connectivity index (χ0v) is 12.8. The molecule has 2 rings (SSSR count). The predicted molar refractivity (Wildman–Crippen MR) is 79.1 cm³/mol. The van der Waals surface area contributed by atoms with E-state index in [1.54, 1.807) is 0 Å². The van der Waals surface area contributed by atoms with Crippen LogP contribution in [0.4, 0.5) is 4.79 Å². The normalized spacial score (nSPS) is 21.1. The first-order valence-electron chi connectivity index (χ1n) is 7.32. The molecule has 2 atom stereocenters. The Morgan fingerprint density at radius 2 is 2.05 bits per heavy atom. The zero-order valence-electron chi connectivity index (χ0n) is 12.8. The molecule has 1 fully saturated rings. The first kappa shape index (κ1) is 16.3. The Kier molecular flexibility index (Phi) is 5.38. The van der Waals surface area contributed by atoms with Crippen LogP contribution in [0.1, 0.15) is 25.8 Å². The molecule has 120 valence electrons. The lowest BCUT2D eigenvalue weighted by Crippen LogP contribution is -2.46. The van der Waals surface area contributed by atoms with Crippen LogP contribution in [0.25, 0.3) is 0 Å². The van der Waals surface area contributed by atoms with Gasteiger partial charge in [0.15, 0.2) is 6.04 Å². The molecule has 1 heterocycles. The van der Waals surface area contributed by atoms with Gasteiger partial charge in [-0.25, -0.2) is 9.59 Å². The molecular formula is C16H21NO5. The molecule has 0 spiro atoms. The van der Waals surface area contributed by atoms with E-state index in [1.165, 1.54) is 4.90 Å². The molecule has 0 aromatic heterocycles. The fourth-order valence-corrected chi connectivity index (χ4v) is 2.38. The number of carboxylic acids is 1. The first-order valence-corrected chi connectivity index (χ1v) is 7.32. The average Bonchev–Trinajstić information content (AvgIpc) is 2.89. The number of rotatable bonds is 5. The lowest BCUT2D eigenvalue weighted by molar-refractivity contribution is -0.141. The average molecular weight is 307 g/mol. The van der Waals surface area contributed by atoms with Crippen LogP contribution in [0.2, 0.25) is 0 Å². The Labute approximate surface area is 129 Å². The second-order valence-corrected chi connectivity index (χ2v) is 5.72. The monoisotopic (exact) mass is 307 g/mol. The largest absolute Gasteiger partial charge is 0.480 e. The second kappa shape index (κ2) is 7.26. The van der Waals surface area contributed by atoms with Gasteiger partial charge in [0.2, 0.25) is 0 Å². The molecule has 1 amide bonds. The van der Waals surface area contributed by atoms with Crippen LogP contribution >= 0.6 is 0 Å². The molecule has 0 aliphatic carbocycles. The Morgan fingerprint density at radius 3 is 2.64 bits per heavy atom. The van der Waals surface area contributed by atoms with Crippen molar-refractivity contribution in [2.45, 2.75) is 39.1 Å². The smallest absolute Gasteiger partial charge is 0.413 e. The highest BCUT2D eigenvalue weighted by molar-refractivity contribution is 5.80. The molecule has 0 bridgehead atoms. The maximum atomic E-state index is 12.3. The number of nitrogens with zero attached hydrogens (tertiary/aromatic N) is 1. The highest BCUT2D eigenvalue weighted by Crippen LogP contribution is 2.24. The van der Waals surface area contributed by atoms with Crippen LogP contribution in [-0.2, 0) is 20.9 Å². The van der Waals surface area contributed by atoms with Crippen LogP contribution in [-0.4, -0.2) is 40.9 Å². The Bertz CT molecular complexity index is 517. The van der Waals surface area contributed by atoms with E-state index in [4.69, 9.17) is 9.47 Å². The van der Waals surface area contributed by atoms with Crippen molar-refractivity contribution >= 4 is 12.1 Å². The van der Waals surface area contributed by atoms with Crippen molar-refractivity contribution < 1.29 is 24.2 Å². The van der Waals surface area contributed by atoms with Crippen molar-refractivity contribution in [2.75, 3.05) is 6.61 Å². The lowest BCUT2D eigenvalue weighted by Gasteiger charge is -2.26. The highest BCUT2D eigenvalue weighted by Gasteiger charge is 2.43. The van der Waals surface area contributed by atoms with E-state index >= 15 is 0 Å². The van der Waals surface area contributed by atoms with E-state index in [1.807, 2.05) is 44.2 Å². The van der Waals surface area contributed by atoms with Crippen LogP contribution in [0, 0.1) is 5.92 Å². The van der Waals surface area contributed by atoms with Crippen molar-refractivity contribution in [3.8, 4) is 0 Å². The fraction of sp³-hybridized carbons (Fsp3) is 0.500. The van der Waals surface area contributed by atoms with Gasteiger partial charge >= 0.3 is 12.1 Å². The summed E-state index contributed by atoms with van der Waals surface area (Å²) in [7, 11) is 0. The van der Waals surface area contributed by atoms with Gasteiger partial charge in [-0.05, 0) is 17.9 Å². The number of carbonyl (C=O) groups is 2. The second-order valence-electron chi connectivity index (χ2n) is 5.72. The number of hydrogen-bond acceptors (Lipinski definition) is 4. The highest BCUT2D eigenvalue weighted by atomic mass is 16.6. The third-order valence-electron chi connectivity index (χ3n) is 3.47. The number of carbonyl (C=O) groups excluding carboxylic acids is 1. The van der Waals surface area contributed by atoms with Gasteiger partial charge in [0.05, 0.1) is 6.61 Å². The number of carboxylic acid groups (broad SMARTS) is 1. The summed E-state index contributed by atoms with van der Waals surface area (Å²) in [6.07, 6.45) is -0.631. The van der Waals surface area contributed by atoms with Gasteiger partial charge in [0.1, 0.15) is 12.8 Å². The van der Waals surface area contributed by atoms with Crippen molar-refractivity contribution in [2.24, 2.45) is 5.92 Å². The van der Waals surface area contributed by atoms with Gasteiger partial charge in [0, 0.05) is 0 Å². The molecule has 22 heavy (non-hydrogen) atoms. The van der Waals surface area contributed by atoms with Gasteiger partial charge < -0.3 is 14.6 Å². The van der Waals surface area contributed by atoms with Gasteiger partial charge in [-0.3, -0.25) is 4.90 Å². The summed E-state index contributed by atoms with van der Waals surface area (Å²) >= 11 is 0. The molecule has 6 nitrogen and oxygen atoms in total. The third kappa shape index (κ3) is 3.98. The molecule has 1 N–H and O–H groups in total. The first-order chi connectivity index (χ1) is 10.5. The van der Waals surface area contributed by atoms with Gasteiger partial charge in [-0.2, -0.15) is 0 Å². The number of benzene rings is 1. The van der Waals surface area contributed by atoms with E-state index in [-0.39, 0.29) is 19.1 Å². The number of amides is 1. The molecule has 0 radical (unpaired) electrons. The van der Waals surface area contributed by atoms with E-state index in [0.717, 1.165) is 5.56 Å². The number of ether oxygens (including phenoxy) is 2. The minimum Gasteiger partial charge on any atom is -0.480 e. The Balaban J connectivity index is 2.03. The van der Waals surface area contributed by atoms with Crippen LogP contribution in [0.5, 0.6) is 0 Å². The van der Waals surface area contributed by atoms with Gasteiger partial charge in [-0.15, -0.1) is 0 Å². The molecule has 1 aromatic carbocycles. The molecule has 6 heteroatoms. The summed E-state index contributed by atoms with van der Waals surface area (Å²) in [4.78, 5) is 24.8. The van der Waals surface area contributed by atoms with E-state index in [0.29, 0.717) is 6.42 Å². The molecule has 1 aromatic rings. The molecule has 1 aliphatic heterocycles. The Hall–Kier alpha value is -2.08. The standard InChI is InChI=1S/C16H21NO5/c1-11(2)8-14-17(13(10-21-14)15(18)19)16(20)22-9-12-6-4-3-5-7-12/h3-7,11,13-14H,8-10H2,1-2H3,(H,18,19)/t13-,14?/m0/s1. The minimum atomic E-state index is -1.08. The number of aliphatic carboxylic acids is 1. The maximum Gasteiger partial charge on any atom is 0.413 e. The summed E-state index contributed by atoms with van der Waals surface area (Å²) in [5, 5.41) is 9.24. The van der Waals surface area contributed by atoms with Crippen molar-refractivity contribution in [1.29, 1.82) is 0 Å². The van der Waals surface area contributed by atoms with E-state index < -0.39 is 24.3 Å². The zero-order chi connectivity index (χ0) is 16.1. The van der Waals surface area contributed by atoms with Crippen LogP contribution in [0.3, 0.4) is 0 Å². The van der Waals surface area contributed by atoms with Crippen molar-refractivity contribution in [3.63, 3.8) is 0 Å². The SMILES string of the molecule is CC(C)CC1OC[C@@H](C(=O)O)N1C(=O)OCc1ccccc1. The van der Waals surface area contributed by atoms with Gasteiger partial charge in [0.25, 0.3) is 0 Å². The fourth-order valence-electron chi connectivity index (χ4n) is 2.38. The molecule has 1 unspecified atom stereocenters. The minimum absolute atomic E-state index is 0.00679. The lowest BCUT2D eigenvalue weighted by atomic mass is 10.1. The summed E-state index contributed by atoms with van der Waals surface area (Å²) in [6, 6.07) is 8.26. The summed E-state index contributed by atoms with van der Waals surface area (Å²) in [5.41, 5.74) is 0.850. The van der Waals surface area contributed by atoms with E-state index in [2.05, 4.69) is 0 Å². The molecule has 1 aliphatic rings. The predicted octanol–water partition coefficient (Wildman–Crippen LogP) is 2.48. The summed E-state index contributed by atoms with van der Waals surface area (Å²) in [6.45, 7) is 4.08. The number of hydrogen-bond donors (Lipinski definition) is 1. The molecule has 0 saturated carbocycles. The van der Waals surface area contributed by atoms with Crippen LogP contribution < -0.4 is 0 Å². The summed E-state index contributed by atoms with van der Waals surface area (Å²) < 4.78 is 10.7. The molecular weight excluding hydrogens is 286 g/mol. The maximum absolute atomic E-state index is 12.3. The quantitative estimate of drug-likeness (QED) is 0.904. The van der Waals surface area contributed by atoms with E-state index in [9.17, 15) is 14.7 Å². The van der Waals surface area contributed by atoms with Crippen LogP contribution in [0.15, 0.2) is 30.3 Å².